The number of halogens is 2. The molecule has 3 heterocycles. The Morgan fingerprint density at radius 1 is 1.00 bits per heavy atom. The Labute approximate surface area is 250 Å². The third-order valence-corrected chi connectivity index (χ3v) is 7.93. The number of carboxylic acid groups (broad SMARTS) is 1. The topological polar surface area (TPSA) is 87.6 Å². The van der Waals surface area contributed by atoms with Gasteiger partial charge in [0.25, 0.3) is 0 Å². The Morgan fingerprint density at radius 3 is 2.30 bits per heavy atom. The molecule has 0 saturated carbocycles. The van der Waals surface area contributed by atoms with Gasteiger partial charge in [0.15, 0.2) is 0 Å². The van der Waals surface area contributed by atoms with Crippen LogP contribution in [0.1, 0.15) is 43.5 Å². The van der Waals surface area contributed by atoms with Crippen molar-refractivity contribution >= 4 is 23.3 Å². The molecule has 1 aliphatic rings. The van der Waals surface area contributed by atoms with Crippen molar-refractivity contribution in [3.05, 3.63) is 95.3 Å². The zero-order valence-electron chi connectivity index (χ0n) is 24.7. The van der Waals surface area contributed by atoms with E-state index < -0.39 is 11.8 Å². The van der Waals surface area contributed by atoms with Gasteiger partial charge in [-0.1, -0.05) is 38.1 Å². The van der Waals surface area contributed by atoms with Crippen LogP contribution in [0.15, 0.2) is 66.9 Å². The molecular weight excluding hydrogens is 550 g/mol. The number of hydrogen-bond acceptors (Lipinski definition) is 6. The lowest BCUT2D eigenvalue weighted by molar-refractivity contribution is -0.136. The van der Waals surface area contributed by atoms with Crippen molar-refractivity contribution in [1.29, 1.82) is 0 Å². The number of hydrogen-bond donors (Lipinski definition) is 2. The summed E-state index contributed by atoms with van der Waals surface area (Å²) in [6.07, 6.45) is 3.53. The third kappa shape index (κ3) is 7.46. The maximum Gasteiger partial charge on any atom is 0.307 e. The van der Waals surface area contributed by atoms with Crippen LogP contribution in [-0.2, 0) is 17.6 Å². The minimum Gasteiger partial charge on any atom is -0.493 e. The number of pyridine rings is 2. The number of aryl methyl sites for hydroxylation is 1. The molecule has 4 aromatic rings. The van der Waals surface area contributed by atoms with E-state index in [0.717, 1.165) is 54.5 Å². The van der Waals surface area contributed by atoms with Crippen molar-refractivity contribution in [1.82, 2.24) is 9.97 Å². The van der Waals surface area contributed by atoms with E-state index in [-0.39, 0.29) is 17.7 Å². The zero-order chi connectivity index (χ0) is 30.6. The van der Waals surface area contributed by atoms with Crippen molar-refractivity contribution in [3.63, 3.8) is 0 Å². The molecule has 0 unspecified atom stereocenters. The average Bonchev–Trinajstić information content (AvgIpc) is 2.97. The molecule has 0 spiro atoms. The van der Waals surface area contributed by atoms with Crippen LogP contribution in [0.5, 0.6) is 5.75 Å². The lowest BCUT2D eigenvalue weighted by Gasteiger charge is -2.40. The van der Waals surface area contributed by atoms with E-state index in [4.69, 9.17) is 9.72 Å². The molecule has 0 amide bonds. The Bertz CT molecular complexity index is 1560. The first-order valence-electron chi connectivity index (χ1n) is 14.4. The molecule has 5 rings (SSSR count). The van der Waals surface area contributed by atoms with Crippen LogP contribution in [0.4, 0.5) is 26.1 Å². The van der Waals surface area contributed by atoms with Crippen LogP contribution >= 0.6 is 0 Å². The number of rotatable bonds is 10. The number of carbonyl (C=O) groups is 1. The van der Waals surface area contributed by atoms with Gasteiger partial charge in [0, 0.05) is 36.3 Å². The first kappa shape index (κ1) is 29.9. The molecule has 1 fully saturated rings. The number of carboxylic acids is 1. The van der Waals surface area contributed by atoms with Crippen LogP contribution in [0.25, 0.3) is 11.1 Å². The van der Waals surface area contributed by atoms with Crippen LogP contribution in [0.2, 0.25) is 0 Å². The predicted molar refractivity (Wildman–Crippen MR) is 164 cm³/mol. The monoisotopic (exact) mass is 586 g/mol. The Kier molecular flexibility index (Phi) is 8.89. The lowest BCUT2D eigenvalue weighted by atomic mass is 9.82. The van der Waals surface area contributed by atoms with Gasteiger partial charge in [-0.2, -0.15) is 0 Å². The molecule has 1 aliphatic heterocycles. The quantitative estimate of drug-likeness (QED) is 0.201. The van der Waals surface area contributed by atoms with Crippen molar-refractivity contribution in [3.8, 4) is 16.9 Å². The van der Waals surface area contributed by atoms with Crippen LogP contribution in [0, 0.1) is 24.0 Å². The van der Waals surface area contributed by atoms with E-state index in [1.807, 2.05) is 31.2 Å². The molecule has 0 bridgehead atoms. The summed E-state index contributed by atoms with van der Waals surface area (Å²) >= 11 is 0. The predicted octanol–water partition coefficient (Wildman–Crippen LogP) is 7.35. The fraction of sp³-hybridized carbons (Fsp3) is 0.324. The molecule has 7 nitrogen and oxygen atoms in total. The maximum absolute atomic E-state index is 13.6. The summed E-state index contributed by atoms with van der Waals surface area (Å²) in [4.78, 5) is 23.3. The summed E-state index contributed by atoms with van der Waals surface area (Å²) < 4.78 is 32.8. The van der Waals surface area contributed by atoms with E-state index in [9.17, 15) is 18.7 Å². The molecule has 2 aromatic heterocycles. The zero-order valence-corrected chi connectivity index (χ0v) is 24.7. The number of piperidine rings is 1. The number of benzene rings is 2. The number of nitrogens with one attached hydrogen (secondary N) is 1. The summed E-state index contributed by atoms with van der Waals surface area (Å²) in [5.74, 6) is -0.0390. The van der Waals surface area contributed by atoms with Gasteiger partial charge in [-0.3, -0.25) is 4.79 Å². The third-order valence-electron chi connectivity index (χ3n) is 7.93. The van der Waals surface area contributed by atoms with E-state index in [2.05, 4.69) is 29.0 Å². The highest BCUT2D eigenvalue weighted by molar-refractivity contribution is 5.92. The summed E-state index contributed by atoms with van der Waals surface area (Å²) in [5.41, 5.74) is 4.86. The molecule has 9 heteroatoms. The molecule has 2 aromatic carbocycles. The Morgan fingerprint density at radius 2 is 1.67 bits per heavy atom. The average molecular weight is 587 g/mol. The van der Waals surface area contributed by atoms with Gasteiger partial charge >= 0.3 is 5.97 Å². The van der Waals surface area contributed by atoms with Gasteiger partial charge in [0.05, 0.1) is 24.9 Å². The highest BCUT2D eigenvalue weighted by atomic mass is 19.1. The number of aromatic nitrogens is 2. The normalized spacial score (nSPS) is 14.4. The van der Waals surface area contributed by atoms with E-state index in [0.29, 0.717) is 41.7 Å². The maximum atomic E-state index is 13.6. The van der Waals surface area contributed by atoms with Crippen LogP contribution in [-0.4, -0.2) is 40.7 Å². The first-order valence-corrected chi connectivity index (χ1v) is 14.4. The molecule has 1 saturated heterocycles. The number of ether oxygens (including phenoxy) is 1. The van der Waals surface area contributed by atoms with Gasteiger partial charge in [-0.25, -0.2) is 18.7 Å². The number of anilines is 3. The van der Waals surface area contributed by atoms with Crippen LogP contribution in [0.3, 0.4) is 0 Å². The van der Waals surface area contributed by atoms with Crippen molar-refractivity contribution in [2.75, 3.05) is 29.9 Å². The second kappa shape index (κ2) is 12.8. The van der Waals surface area contributed by atoms with Gasteiger partial charge in [0.1, 0.15) is 29.0 Å². The van der Waals surface area contributed by atoms with E-state index >= 15 is 0 Å². The van der Waals surface area contributed by atoms with Crippen molar-refractivity contribution in [2.24, 2.45) is 5.41 Å². The Balaban J connectivity index is 1.53. The summed E-state index contributed by atoms with van der Waals surface area (Å²) in [6.45, 7) is 8.30. The van der Waals surface area contributed by atoms with E-state index in [1.165, 1.54) is 18.2 Å². The lowest BCUT2D eigenvalue weighted by Crippen LogP contribution is -2.38. The second-order valence-corrected chi connectivity index (χ2v) is 11.7. The van der Waals surface area contributed by atoms with E-state index in [1.54, 1.807) is 18.2 Å². The highest BCUT2D eigenvalue weighted by Gasteiger charge is 2.31. The van der Waals surface area contributed by atoms with Crippen LogP contribution < -0.4 is 15.0 Å². The minimum absolute atomic E-state index is 0.166. The largest absolute Gasteiger partial charge is 0.493 e. The van der Waals surface area contributed by atoms with Gasteiger partial charge in [-0.15, -0.1) is 0 Å². The molecule has 0 radical (unpaired) electrons. The molecular formula is C34H36F2N4O3. The molecule has 2 N–H and O–H groups in total. The first-order chi connectivity index (χ1) is 20.6. The molecule has 224 valence electrons. The smallest absolute Gasteiger partial charge is 0.307 e. The summed E-state index contributed by atoms with van der Waals surface area (Å²) in [7, 11) is 0. The fourth-order valence-electron chi connectivity index (χ4n) is 5.36. The fourth-order valence-corrected chi connectivity index (χ4v) is 5.36. The number of nitrogens with zero attached hydrogens (tertiary/aromatic N) is 3. The minimum atomic E-state index is -0.930. The van der Waals surface area contributed by atoms with Crippen molar-refractivity contribution < 1.29 is 23.4 Å². The summed E-state index contributed by atoms with van der Waals surface area (Å²) in [5, 5.41) is 13.1. The second-order valence-electron chi connectivity index (χ2n) is 11.7. The van der Waals surface area contributed by atoms with Gasteiger partial charge < -0.3 is 20.1 Å². The molecule has 0 aliphatic carbocycles. The highest BCUT2D eigenvalue weighted by Crippen LogP contribution is 2.44. The molecule has 0 atom stereocenters. The molecule has 43 heavy (non-hydrogen) atoms. The Hall–Kier alpha value is -4.53. The number of aliphatic carboxylic acids is 1. The van der Waals surface area contributed by atoms with Gasteiger partial charge in [-0.05, 0) is 72.7 Å². The summed E-state index contributed by atoms with van der Waals surface area (Å²) in [6, 6.07) is 16.9. The SMILES string of the molecule is Cc1nc(Nc2ccc(F)cn2)c(-c2ccc(OCCc3ccc(F)cc3)cc2)c(N2CCC(C)(C)CC2)c1CC(=O)O. The van der Waals surface area contributed by atoms with Gasteiger partial charge in [0.2, 0.25) is 0 Å². The van der Waals surface area contributed by atoms with Crippen molar-refractivity contribution in [2.45, 2.75) is 46.5 Å². The standard InChI is InChI=1S/C34H36F2N4O3/c1-22-28(20-30(41)42)32(40-17-15-34(2,3)16-18-40)31(33(38-22)39-29-13-10-26(36)21-37-29)24-6-11-27(12-7-24)43-19-14-23-4-8-25(35)9-5-23/h4-13,21H,14-20H2,1-3H3,(H,41,42)(H,37,38,39).